The van der Waals surface area contributed by atoms with Gasteiger partial charge in [0.05, 0.1) is 6.54 Å². The van der Waals surface area contributed by atoms with Crippen molar-refractivity contribution in [2.45, 2.75) is 32.1 Å². The summed E-state index contributed by atoms with van der Waals surface area (Å²) in [5.41, 5.74) is 2.20. The lowest BCUT2D eigenvalue weighted by atomic mass is 9.96. The van der Waals surface area contributed by atoms with Gasteiger partial charge in [0.25, 0.3) is 5.91 Å². The lowest BCUT2D eigenvalue weighted by Crippen LogP contribution is -2.40. The molecule has 7 heteroatoms. The number of nitrogens with zero attached hydrogens (tertiary/aromatic N) is 3. The molecule has 0 bridgehead atoms. The number of likely N-dealkylation sites (N-methyl/N-ethyl adjacent to an activating group) is 1. The number of aryl methyl sites for hydroxylation is 2. The van der Waals surface area contributed by atoms with Gasteiger partial charge in [0.1, 0.15) is 17.1 Å². The highest BCUT2D eigenvalue weighted by Gasteiger charge is 2.22. The van der Waals surface area contributed by atoms with Crippen LogP contribution in [0, 0.1) is 0 Å². The highest BCUT2D eigenvalue weighted by atomic mass is 16.5. The van der Waals surface area contributed by atoms with Gasteiger partial charge in [0.2, 0.25) is 5.91 Å². The van der Waals surface area contributed by atoms with Crippen LogP contribution in [0.1, 0.15) is 30.6 Å². The Morgan fingerprint density at radius 2 is 1.90 bits per heavy atom. The number of rotatable bonds is 5. The molecule has 1 fully saturated rings. The van der Waals surface area contributed by atoms with Crippen LogP contribution in [0.4, 0.5) is 0 Å². The van der Waals surface area contributed by atoms with Gasteiger partial charge in [-0.05, 0) is 43.9 Å². The molecule has 0 atom stereocenters. The standard InChI is InChI=1S/C23H31N3O4/c1-24(2)22(27)15-25-10-5-11-26(13-12-25)23(28)16-29-17-8-9-21-19(14-17)18-6-3-4-7-20(18)30-21/h8-9,14H,3-7,10-13,15-16H2,1-2H3. The van der Waals surface area contributed by atoms with Crippen LogP contribution in [0.5, 0.6) is 5.75 Å². The highest BCUT2D eigenvalue weighted by Crippen LogP contribution is 2.33. The van der Waals surface area contributed by atoms with Crippen molar-refractivity contribution < 1.29 is 18.7 Å². The summed E-state index contributed by atoms with van der Waals surface area (Å²) in [4.78, 5) is 30.2. The van der Waals surface area contributed by atoms with Gasteiger partial charge in [0, 0.05) is 57.6 Å². The van der Waals surface area contributed by atoms with Gasteiger partial charge < -0.3 is 19.0 Å². The molecule has 7 nitrogen and oxygen atoms in total. The lowest BCUT2D eigenvalue weighted by Gasteiger charge is -2.22. The fraction of sp³-hybridized carbons (Fsp3) is 0.565. The number of carbonyl (C=O) groups excluding carboxylic acids is 2. The first-order valence-corrected chi connectivity index (χ1v) is 10.9. The Kier molecular flexibility index (Phi) is 6.27. The topological polar surface area (TPSA) is 66.2 Å². The van der Waals surface area contributed by atoms with Crippen LogP contribution in [0.2, 0.25) is 0 Å². The molecule has 1 aliphatic heterocycles. The molecule has 2 heterocycles. The monoisotopic (exact) mass is 413 g/mol. The minimum absolute atomic E-state index is 0.00916. The average molecular weight is 414 g/mol. The molecule has 0 unspecified atom stereocenters. The zero-order valence-corrected chi connectivity index (χ0v) is 18.0. The van der Waals surface area contributed by atoms with E-state index in [1.165, 1.54) is 18.4 Å². The summed E-state index contributed by atoms with van der Waals surface area (Å²) in [6.45, 7) is 3.29. The molecule has 4 rings (SSSR count). The van der Waals surface area contributed by atoms with E-state index in [4.69, 9.17) is 9.15 Å². The van der Waals surface area contributed by atoms with Gasteiger partial charge in [-0.15, -0.1) is 0 Å². The van der Waals surface area contributed by atoms with Crippen LogP contribution in [0.15, 0.2) is 22.6 Å². The summed E-state index contributed by atoms with van der Waals surface area (Å²) >= 11 is 0. The Labute approximate surface area is 177 Å². The van der Waals surface area contributed by atoms with Crippen molar-refractivity contribution in [1.29, 1.82) is 0 Å². The molecule has 1 aromatic carbocycles. The number of hydrogen-bond acceptors (Lipinski definition) is 5. The Balaban J connectivity index is 1.32. The molecule has 30 heavy (non-hydrogen) atoms. The number of furan rings is 1. The molecule has 2 aromatic rings. The van der Waals surface area contributed by atoms with Gasteiger partial charge in [-0.2, -0.15) is 0 Å². The maximum atomic E-state index is 12.7. The van der Waals surface area contributed by atoms with Crippen LogP contribution < -0.4 is 4.74 Å². The van der Waals surface area contributed by atoms with Crippen molar-refractivity contribution in [3.63, 3.8) is 0 Å². The summed E-state index contributed by atoms with van der Waals surface area (Å²) < 4.78 is 11.8. The first kappa shape index (κ1) is 20.7. The third-order valence-electron chi connectivity index (χ3n) is 6.09. The van der Waals surface area contributed by atoms with Crippen LogP contribution >= 0.6 is 0 Å². The van der Waals surface area contributed by atoms with Gasteiger partial charge in [0.15, 0.2) is 6.61 Å². The first-order chi connectivity index (χ1) is 14.5. The predicted octanol–water partition coefficient (Wildman–Crippen LogP) is 2.31. The number of benzene rings is 1. The molecule has 0 radical (unpaired) electrons. The van der Waals surface area contributed by atoms with E-state index < -0.39 is 0 Å². The average Bonchev–Trinajstić information content (AvgIpc) is 2.95. The number of carbonyl (C=O) groups is 2. The molecule has 0 spiro atoms. The molecular weight excluding hydrogens is 382 g/mol. The van der Waals surface area contributed by atoms with E-state index in [0.717, 1.165) is 42.5 Å². The molecule has 162 valence electrons. The van der Waals surface area contributed by atoms with Crippen LogP contribution in [-0.4, -0.2) is 79.9 Å². The quantitative estimate of drug-likeness (QED) is 0.753. The second-order valence-corrected chi connectivity index (χ2v) is 8.46. The fourth-order valence-electron chi connectivity index (χ4n) is 4.28. The van der Waals surface area contributed by atoms with E-state index in [1.807, 2.05) is 23.1 Å². The zero-order valence-electron chi connectivity index (χ0n) is 18.0. The Bertz CT molecular complexity index is 921. The van der Waals surface area contributed by atoms with Gasteiger partial charge in [-0.3, -0.25) is 14.5 Å². The first-order valence-electron chi connectivity index (χ1n) is 10.9. The zero-order chi connectivity index (χ0) is 21.1. The minimum atomic E-state index is -0.00916. The fourth-order valence-corrected chi connectivity index (χ4v) is 4.28. The van der Waals surface area contributed by atoms with Gasteiger partial charge >= 0.3 is 0 Å². The molecule has 2 amide bonds. The Morgan fingerprint density at radius 3 is 2.73 bits per heavy atom. The Hall–Kier alpha value is -2.54. The number of hydrogen-bond donors (Lipinski definition) is 0. The number of fused-ring (bicyclic) bond motifs is 3. The number of ether oxygens (including phenoxy) is 1. The molecule has 1 saturated heterocycles. The van der Waals surface area contributed by atoms with E-state index in [0.29, 0.717) is 31.9 Å². The van der Waals surface area contributed by atoms with E-state index in [1.54, 1.807) is 19.0 Å². The summed E-state index contributed by atoms with van der Waals surface area (Å²) in [5.74, 6) is 1.89. The lowest BCUT2D eigenvalue weighted by molar-refractivity contribution is -0.133. The van der Waals surface area contributed by atoms with Crippen LogP contribution in [0.25, 0.3) is 11.0 Å². The third kappa shape index (κ3) is 4.61. The molecule has 0 saturated carbocycles. The number of amides is 2. The summed E-state index contributed by atoms with van der Waals surface area (Å²) in [6, 6.07) is 5.83. The molecular formula is C23H31N3O4. The van der Waals surface area contributed by atoms with Crippen molar-refractivity contribution in [3.05, 3.63) is 29.5 Å². The molecule has 1 aliphatic carbocycles. The second kappa shape index (κ2) is 9.08. The molecule has 2 aliphatic rings. The Morgan fingerprint density at radius 1 is 1.07 bits per heavy atom. The van der Waals surface area contributed by atoms with Crippen LogP contribution in [0.3, 0.4) is 0 Å². The maximum absolute atomic E-state index is 12.7. The normalized spacial score (nSPS) is 17.5. The van der Waals surface area contributed by atoms with Crippen LogP contribution in [-0.2, 0) is 22.4 Å². The van der Waals surface area contributed by atoms with Crippen molar-refractivity contribution in [2.75, 3.05) is 53.4 Å². The van der Waals surface area contributed by atoms with Crippen molar-refractivity contribution in [1.82, 2.24) is 14.7 Å². The van der Waals surface area contributed by atoms with E-state index >= 15 is 0 Å². The summed E-state index contributed by atoms with van der Waals surface area (Å²) in [7, 11) is 3.54. The van der Waals surface area contributed by atoms with E-state index in [-0.39, 0.29) is 18.4 Å². The van der Waals surface area contributed by atoms with Crippen molar-refractivity contribution >= 4 is 22.8 Å². The minimum Gasteiger partial charge on any atom is -0.484 e. The van der Waals surface area contributed by atoms with E-state index in [9.17, 15) is 9.59 Å². The third-order valence-corrected chi connectivity index (χ3v) is 6.09. The van der Waals surface area contributed by atoms with Crippen molar-refractivity contribution in [3.8, 4) is 5.75 Å². The largest absolute Gasteiger partial charge is 0.484 e. The predicted molar refractivity (Wildman–Crippen MR) is 115 cm³/mol. The summed E-state index contributed by atoms with van der Waals surface area (Å²) in [5, 5.41) is 1.12. The highest BCUT2D eigenvalue weighted by molar-refractivity contribution is 5.84. The smallest absolute Gasteiger partial charge is 0.260 e. The van der Waals surface area contributed by atoms with E-state index in [2.05, 4.69) is 4.90 Å². The SMILES string of the molecule is CN(C)C(=O)CN1CCCN(C(=O)COc2ccc3oc4c(c3c2)CCCC4)CC1. The van der Waals surface area contributed by atoms with Crippen molar-refractivity contribution in [2.24, 2.45) is 0 Å². The maximum Gasteiger partial charge on any atom is 0.260 e. The molecule has 0 N–H and O–H groups in total. The van der Waals surface area contributed by atoms with Gasteiger partial charge in [-0.25, -0.2) is 0 Å². The second-order valence-electron chi connectivity index (χ2n) is 8.46. The summed E-state index contributed by atoms with van der Waals surface area (Å²) in [6.07, 6.45) is 5.29. The molecule has 1 aromatic heterocycles. The van der Waals surface area contributed by atoms with Gasteiger partial charge in [-0.1, -0.05) is 0 Å².